The summed E-state index contributed by atoms with van der Waals surface area (Å²) in [6, 6.07) is 10.8. The van der Waals surface area contributed by atoms with Gasteiger partial charge in [-0.1, -0.05) is 30.3 Å². The minimum atomic E-state index is -0.0969. The normalized spacial score (nSPS) is 36.4. The Balaban J connectivity index is 2.05. The molecule has 2 aliphatic heterocycles. The summed E-state index contributed by atoms with van der Waals surface area (Å²) in [4.78, 5) is 4.92. The van der Waals surface area contributed by atoms with E-state index in [0.717, 1.165) is 26.2 Å². The highest BCUT2D eigenvalue weighted by atomic mass is 16.5. The van der Waals surface area contributed by atoms with Crippen LogP contribution in [-0.2, 0) is 10.3 Å². The van der Waals surface area contributed by atoms with Crippen LogP contribution in [0, 0.1) is 11.8 Å². The number of methoxy groups -OCH3 is 1. The molecule has 1 aromatic rings. The van der Waals surface area contributed by atoms with Crippen LogP contribution in [-0.4, -0.2) is 57.2 Å². The number of likely N-dealkylation sites (tertiary alicyclic amines) is 2. The molecule has 19 heavy (non-hydrogen) atoms. The van der Waals surface area contributed by atoms with Crippen molar-refractivity contribution in [3.8, 4) is 0 Å². The number of fused-ring (bicyclic) bond motifs is 2. The SMILES string of the molecule is COC1(c2ccccc2)C2CN(C)CC1CN(C)C2. The van der Waals surface area contributed by atoms with Gasteiger partial charge in [0.05, 0.1) is 0 Å². The van der Waals surface area contributed by atoms with Crippen molar-refractivity contribution in [1.82, 2.24) is 9.80 Å². The summed E-state index contributed by atoms with van der Waals surface area (Å²) in [6.45, 7) is 4.46. The summed E-state index contributed by atoms with van der Waals surface area (Å²) in [5.41, 5.74) is 1.26. The average molecular weight is 260 g/mol. The molecule has 2 heterocycles. The first-order chi connectivity index (χ1) is 9.16. The van der Waals surface area contributed by atoms with Gasteiger partial charge < -0.3 is 14.5 Å². The monoisotopic (exact) mass is 260 g/mol. The Labute approximate surface area is 116 Å². The van der Waals surface area contributed by atoms with Gasteiger partial charge in [-0.05, 0) is 19.7 Å². The number of hydrogen-bond acceptors (Lipinski definition) is 3. The van der Waals surface area contributed by atoms with Crippen molar-refractivity contribution < 1.29 is 4.74 Å². The number of ether oxygens (including phenoxy) is 1. The van der Waals surface area contributed by atoms with E-state index in [-0.39, 0.29) is 5.60 Å². The zero-order valence-corrected chi connectivity index (χ0v) is 12.2. The van der Waals surface area contributed by atoms with Crippen molar-refractivity contribution in [1.29, 1.82) is 0 Å². The third-order valence-corrected chi connectivity index (χ3v) is 4.90. The van der Waals surface area contributed by atoms with Gasteiger partial charge in [-0.2, -0.15) is 0 Å². The Bertz CT molecular complexity index is 404. The number of benzene rings is 1. The Kier molecular flexibility index (Phi) is 3.37. The van der Waals surface area contributed by atoms with Crippen LogP contribution >= 0.6 is 0 Å². The van der Waals surface area contributed by atoms with E-state index in [4.69, 9.17) is 4.74 Å². The van der Waals surface area contributed by atoms with Crippen molar-refractivity contribution in [2.24, 2.45) is 11.8 Å². The zero-order chi connectivity index (χ0) is 13.5. The van der Waals surface area contributed by atoms with E-state index in [0.29, 0.717) is 11.8 Å². The Morgan fingerprint density at radius 2 is 1.42 bits per heavy atom. The van der Waals surface area contributed by atoms with E-state index in [1.807, 2.05) is 7.11 Å². The molecule has 2 saturated heterocycles. The highest BCUT2D eigenvalue weighted by molar-refractivity contribution is 5.27. The fourth-order valence-corrected chi connectivity index (χ4v) is 4.27. The minimum Gasteiger partial charge on any atom is -0.373 e. The summed E-state index contributed by atoms with van der Waals surface area (Å²) >= 11 is 0. The molecule has 0 saturated carbocycles. The Morgan fingerprint density at radius 3 is 1.84 bits per heavy atom. The predicted octanol–water partition coefficient (Wildman–Crippen LogP) is 1.65. The molecule has 0 radical (unpaired) electrons. The molecule has 2 bridgehead atoms. The number of hydrogen-bond donors (Lipinski definition) is 0. The Morgan fingerprint density at radius 1 is 0.947 bits per heavy atom. The first kappa shape index (κ1) is 13.1. The van der Waals surface area contributed by atoms with Crippen LogP contribution in [0.1, 0.15) is 5.56 Å². The molecule has 3 heteroatoms. The largest absolute Gasteiger partial charge is 0.373 e. The maximum absolute atomic E-state index is 6.18. The molecule has 2 aliphatic rings. The topological polar surface area (TPSA) is 15.7 Å². The second kappa shape index (κ2) is 4.89. The van der Waals surface area contributed by atoms with Crippen molar-refractivity contribution in [3.05, 3.63) is 35.9 Å². The van der Waals surface area contributed by atoms with Gasteiger partial charge in [-0.3, -0.25) is 0 Å². The molecule has 0 N–H and O–H groups in total. The van der Waals surface area contributed by atoms with E-state index < -0.39 is 0 Å². The van der Waals surface area contributed by atoms with Crippen LogP contribution < -0.4 is 0 Å². The first-order valence-electron chi connectivity index (χ1n) is 7.14. The van der Waals surface area contributed by atoms with E-state index in [1.165, 1.54) is 5.56 Å². The van der Waals surface area contributed by atoms with Gasteiger partial charge in [-0.25, -0.2) is 0 Å². The van der Waals surface area contributed by atoms with Crippen LogP contribution in [0.3, 0.4) is 0 Å². The van der Waals surface area contributed by atoms with Crippen LogP contribution in [0.15, 0.2) is 30.3 Å². The summed E-state index contributed by atoms with van der Waals surface area (Å²) in [5, 5.41) is 0. The van der Waals surface area contributed by atoms with E-state index >= 15 is 0 Å². The van der Waals surface area contributed by atoms with Gasteiger partial charge in [0.2, 0.25) is 0 Å². The number of nitrogens with zero attached hydrogens (tertiary/aromatic N) is 2. The fraction of sp³-hybridized carbons (Fsp3) is 0.625. The van der Waals surface area contributed by atoms with E-state index in [9.17, 15) is 0 Å². The zero-order valence-electron chi connectivity index (χ0n) is 12.2. The lowest BCUT2D eigenvalue weighted by Gasteiger charge is -2.56. The molecule has 1 aromatic carbocycles. The molecule has 3 nitrogen and oxygen atoms in total. The van der Waals surface area contributed by atoms with Crippen LogP contribution in [0.2, 0.25) is 0 Å². The van der Waals surface area contributed by atoms with Crippen LogP contribution in [0.25, 0.3) is 0 Å². The molecule has 0 aromatic heterocycles. The van der Waals surface area contributed by atoms with Crippen molar-refractivity contribution >= 4 is 0 Å². The van der Waals surface area contributed by atoms with Gasteiger partial charge >= 0.3 is 0 Å². The molecule has 2 fully saturated rings. The lowest BCUT2D eigenvalue weighted by molar-refractivity contribution is -0.178. The quantitative estimate of drug-likeness (QED) is 0.804. The third kappa shape index (κ3) is 2.00. The fourth-order valence-electron chi connectivity index (χ4n) is 4.27. The number of rotatable bonds is 2. The van der Waals surface area contributed by atoms with Gasteiger partial charge in [-0.15, -0.1) is 0 Å². The van der Waals surface area contributed by atoms with Gasteiger partial charge in [0.25, 0.3) is 0 Å². The smallest absolute Gasteiger partial charge is 0.103 e. The second-order valence-corrected chi connectivity index (χ2v) is 6.20. The highest BCUT2D eigenvalue weighted by Crippen LogP contribution is 2.47. The average Bonchev–Trinajstić information content (AvgIpc) is 2.39. The molecule has 0 aliphatic carbocycles. The Hall–Kier alpha value is -0.900. The lowest BCUT2D eigenvalue weighted by Crippen LogP contribution is -2.64. The summed E-state index contributed by atoms with van der Waals surface area (Å²) in [5.74, 6) is 1.09. The molecular weight excluding hydrogens is 236 g/mol. The van der Waals surface area contributed by atoms with Crippen molar-refractivity contribution in [2.75, 3.05) is 47.4 Å². The second-order valence-electron chi connectivity index (χ2n) is 6.20. The van der Waals surface area contributed by atoms with E-state index in [1.54, 1.807) is 0 Å². The maximum Gasteiger partial charge on any atom is 0.103 e. The van der Waals surface area contributed by atoms with E-state index in [2.05, 4.69) is 54.2 Å². The first-order valence-corrected chi connectivity index (χ1v) is 7.14. The third-order valence-electron chi connectivity index (χ3n) is 4.90. The standard InChI is InChI=1S/C16H24N2O/c1-17-9-14-11-18(2)12-15(10-17)16(14,19-3)13-7-5-4-6-8-13/h4-8,14-15H,9-12H2,1-3H3. The molecule has 0 atom stereocenters. The van der Waals surface area contributed by atoms with Crippen LogP contribution in [0.5, 0.6) is 0 Å². The maximum atomic E-state index is 6.18. The van der Waals surface area contributed by atoms with Gasteiger partial charge in [0, 0.05) is 45.1 Å². The lowest BCUT2D eigenvalue weighted by atomic mass is 9.66. The molecular formula is C16H24N2O. The minimum absolute atomic E-state index is 0.0969. The molecule has 104 valence electrons. The van der Waals surface area contributed by atoms with Crippen molar-refractivity contribution in [2.45, 2.75) is 5.60 Å². The molecule has 0 spiro atoms. The summed E-state index contributed by atoms with van der Waals surface area (Å²) in [7, 11) is 6.36. The summed E-state index contributed by atoms with van der Waals surface area (Å²) in [6.07, 6.45) is 0. The molecule has 3 rings (SSSR count). The van der Waals surface area contributed by atoms with Gasteiger partial charge in [0.1, 0.15) is 5.60 Å². The van der Waals surface area contributed by atoms with Crippen molar-refractivity contribution in [3.63, 3.8) is 0 Å². The van der Waals surface area contributed by atoms with Gasteiger partial charge in [0.15, 0.2) is 0 Å². The summed E-state index contributed by atoms with van der Waals surface area (Å²) < 4.78 is 6.18. The number of piperidine rings is 2. The molecule has 0 unspecified atom stereocenters. The molecule has 0 amide bonds. The van der Waals surface area contributed by atoms with Crippen LogP contribution in [0.4, 0.5) is 0 Å². The predicted molar refractivity (Wildman–Crippen MR) is 77.1 cm³/mol. The highest BCUT2D eigenvalue weighted by Gasteiger charge is 2.53.